The van der Waals surface area contributed by atoms with E-state index in [4.69, 9.17) is 9.47 Å². The van der Waals surface area contributed by atoms with Crippen molar-refractivity contribution >= 4 is 34.9 Å². The van der Waals surface area contributed by atoms with E-state index in [2.05, 4.69) is 10.3 Å². The highest BCUT2D eigenvalue weighted by Gasteiger charge is 2.34. The molecule has 1 N–H and O–H groups in total. The van der Waals surface area contributed by atoms with Crippen LogP contribution in [0.2, 0.25) is 0 Å². The van der Waals surface area contributed by atoms with Crippen molar-refractivity contribution in [2.75, 3.05) is 26.8 Å². The number of carbonyl (C=O) groups excluding carboxylic acids is 3. The second-order valence-corrected chi connectivity index (χ2v) is 7.17. The van der Waals surface area contributed by atoms with E-state index in [0.717, 1.165) is 16.7 Å². The maximum atomic E-state index is 12.6. The Kier molecular flexibility index (Phi) is 7.08. The van der Waals surface area contributed by atoms with E-state index in [-0.39, 0.29) is 24.2 Å². The summed E-state index contributed by atoms with van der Waals surface area (Å²) in [4.78, 5) is 42.2. The number of nitrogens with zero attached hydrogens (tertiary/aromatic N) is 2. The third-order valence-electron chi connectivity index (χ3n) is 4.20. The Labute approximate surface area is 178 Å². The van der Waals surface area contributed by atoms with Crippen LogP contribution in [0.5, 0.6) is 11.5 Å². The smallest absolute Gasteiger partial charge is 0.293 e. The normalized spacial score (nSPS) is 14.9. The Hall–Kier alpha value is -3.33. The van der Waals surface area contributed by atoms with Crippen molar-refractivity contribution in [2.45, 2.75) is 6.92 Å². The molecule has 1 aliphatic rings. The lowest BCUT2D eigenvalue weighted by Crippen LogP contribution is -2.37. The van der Waals surface area contributed by atoms with Gasteiger partial charge in [-0.1, -0.05) is 6.07 Å². The fraction of sp³-hybridized carbons (Fsp3) is 0.238. The molecule has 0 atom stereocenters. The molecule has 0 unspecified atom stereocenters. The number of aromatic nitrogens is 1. The minimum Gasteiger partial charge on any atom is -0.493 e. The van der Waals surface area contributed by atoms with Gasteiger partial charge in [-0.25, -0.2) is 0 Å². The second-order valence-electron chi connectivity index (χ2n) is 6.17. The molecule has 3 amide bonds. The van der Waals surface area contributed by atoms with Gasteiger partial charge < -0.3 is 14.8 Å². The summed E-state index contributed by atoms with van der Waals surface area (Å²) in [5.41, 5.74) is 1.13. The van der Waals surface area contributed by atoms with Crippen LogP contribution >= 0.6 is 11.8 Å². The molecular formula is C21H21N3O5S. The van der Waals surface area contributed by atoms with Gasteiger partial charge in [0, 0.05) is 25.5 Å². The van der Waals surface area contributed by atoms with Crippen molar-refractivity contribution in [3.8, 4) is 11.5 Å². The monoisotopic (exact) mass is 427 g/mol. The summed E-state index contributed by atoms with van der Waals surface area (Å²) in [6, 6.07) is 8.58. The van der Waals surface area contributed by atoms with Gasteiger partial charge in [-0.2, -0.15) is 0 Å². The van der Waals surface area contributed by atoms with Gasteiger partial charge in [-0.15, -0.1) is 0 Å². The number of ether oxygens (including phenoxy) is 2. The third kappa shape index (κ3) is 4.98. The maximum Gasteiger partial charge on any atom is 0.293 e. The van der Waals surface area contributed by atoms with Crippen molar-refractivity contribution in [1.82, 2.24) is 15.2 Å². The number of hydrogen-bond donors (Lipinski definition) is 1. The van der Waals surface area contributed by atoms with Gasteiger partial charge in [0.05, 0.1) is 24.2 Å². The number of carbonyl (C=O) groups is 3. The Bertz CT molecular complexity index is 978. The highest BCUT2D eigenvalue weighted by Crippen LogP contribution is 2.34. The van der Waals surface area contributed by atoms with Crippen molar-refractivity contribution in [2.24, 2.45) is 0 Å². The number of amides is 3. The Balaban J connectivity index is 1.63. The maximum absolute atomic E-state index is 12.6. The molecule has 8 nitrogen and oxygen atoms in total. The summed E-state index contributed by atoms with van der Waals surface area (Å²) in [6.45, 7) is 2.62. The molecular weight excluding hydrogens is 406 g/mol. The lowest BCUT2D eigenvalue weighted by atomic mass is 10.2. The summed E-state index contributed by atoms with van der Waals surface area (Å²) in [7, 11) is 1.54. The van der Waals surface area contributed by atoms with Crippen LogP contribution in [0.1, 0.15) is 22.8 Å². The molecule has 0 radical (unpaired) electrons. The van der Waals surface area contributed by atoms with Gasteiger partial charge in [-0.3, -0.25) is 24.3 Å². The molecule has 1 saturated heterocycles. The zero-order chi connectivity index (χ0) is 21.5. The van der Waals surface area contributed by atoms with Crippen molar-refractivity contribution in [1.29, 1.82) is 0 Å². The fourth-order valence-corrected chi connectivity index (χ4v) is 3.64. The van der Waals surface area contributed by atoms with E-state index in [9.17, 15) is 14.4 Å². The first-order valence-electron chi connectivity index (χ1n) is 9.28. The third-order valence-corrected chi connectivity index (χ3v) is 5.11. The number of benzene rings is 1. The minimum absolute atomic E-state index is 0.0839. The zero-order valence-electron chi connectivity index (χ0n) is 16.6. The van der Waals surface area contributed by atoms with Gasteiger partial charge in [0.15, 0.2) is 11.5 Å². The Morgan fingerprint density at radius 1 is 1.27 bits per heavy atom. The lowest BCUT2D eigenvalue weighted by Gasteiger charge is -2.13. The second kappa shape index (κ2) is 9.93. The van der Waals surface area contributed by atoms with E-state index < -0.39 is 5.91 Å². The number of thioether (sulfide) groups is 1. The molecule has 2 heterocycles. The van der Waals surface area contributed by atoms with Crippen molar-refractivity contribution in [3.63, 3.8) is 0 Å². The van der Waals surface area contributed by atoms with Crippen LogP contribution in [-0.2, 0) is 4.79 Å². The first kappa shape index (κ1) is 21.4. The number of hydrogen-bond acceptors (Lipinski definition) is 7. The number of nitrogens with one attached hydrogen (secondary N) is 1. The molecule has 3 rings (SSSR count). The van der Waals surface area contributed by atoms with Crippen molar-refractivity contribution < 1.29 is 23.9 Å². The zero-order valence-corrected chi connectivity index (χ0v) is 17.4. The minimum atomic E-state index is -0.395. The molecule has 1 aliphatic heterocycles. The molecule has 156 valence electrons. The van der Waals surface area contributed by atoms with Gasteiger partial charge in [0.25, 0.3) is 17.1 Å². The molecule has 0 spiro atoms. The van der Waals surface area contributed by atoms with Crippen LogP contribution in [0.4, 0.5) is 4.79 Å². The number of methoxy groups -OCH3 is 1. The van der Waals surface area contributed by atoms with Gasteiger partial charge >= 0.3 is 0 Å². The van der Waals surface area contributed by atoms with E-state index in [1.54, 1.807) is 42.6 Å². The predicted molar refractivity (Wildman–Crippen MR) is 113 cm³/mol. The highest BCUT2D eigenvalue weighted by molar-refractivity contribution is 8.18. The Morgan fingerprint density at radius 3 is 2.80 bits per heavy atom. The lowest BCUT2D eigenvalue weighted by molar-refractivity contribution is -0.122. The molecule has 1 fully saturated rings. The average molecular weight is 427 g/mol. The topological polar surface area (TPSA) is 97.8 Å². The average Bonchev–Trinajstić information content (AvgIpc) is 3.02. The quantitative estimate of drug-likeness (QED) is 0.647. The Morgan fingerprint density at radius 2 is 2.10 bits per heavy atom. The number of rotatable bonds is 8. The first-order chi connectivity index (χ1) is 14.5. The fourth-order valence-electron chi connectivity index (χ4n) is 2.77. The standard InChI is InChI=1S/C21H21N3O5S/c1-3-29-16-7-6-14(11-17(16)28-2)12-18-20(26)24(21(27)30-18)10-9-23-19(25)15-5-4-8-22-13-15/h4-8,11-13H,3,9-10H2,1-2H3,(H,23,25)/b18-12+. The molecule has 0 aliphatic carbocycles. The first-order valence-corrected chi connectivity index (χ1v) is 10.1. The molecule has 0 saturated carbocycles. The van der Waals surface area contributed by atoms with E-state index >= 15 is 0 Å². The molecule has 9 heteroatoms. The van der Waals surface area contributed by atoms with E-state index in [1.165, 1.54) is 13.3 Å². The molecule has 1 aromatic carbocycles. The highest BCUT2D eigenvalue weighted by atomic mass is 32.2. The largest absolute Gasteiger partial charge is 0.493 e. The summed E-state index contributed by atoms with van der Waals surface area (Å²) < 4.78 is 10.8. The van der Waals surface area contributed by atoms with Crippen LogP contribution in [0, 0.1) is 0 Å². The molecule has 0 bridgehead atoms. The molecule has 2 aromatic rings. The summed E-state index contributed by atoms with van der Waals surface area (Å²) >= 11 is 0.864. The van der Waals surface area contributed by atoms with Gasteiger partial charge in [0.1, 0.15) is 0 Å². The van der Waals surface area contributed by atoms with Crippen LogP contribution < -0.4 is 14.8 Å². The van der Waals surface area contributed by atoms with Crippen LogP contribution in [0.3, 0.4) is 0 Å². The van der Waals surface area contributed by atoms with Crippen LogP contribution in [-0.4, -0.2) is 53.7 Å². The van der Waals surface area contributed by atoms with E-state index in [0.29, 0.717) is 34.1 Å². The van der Waals surface area contributed by atoms with Crippen molar-refractivity contribution in [3.05, 3.63) is 58.8 Å². The molecule has 30 heavy (non-hydrogen) atoms. The van der Waals surface area contributed by atoms with Crippen LogP contribution in [0.15, 0.2) is 47.6 Å². The number of imide groups is 1. The summed E-state index contributed by atoms with van der Waals surface area (Å²) in [5, 5.41) is 2.31. The van der Waals surface area contributed by atoms with Crippen LogP contribution in [0.25, 0.3) is 6.08 Å². The SMILES string of the molecule is CCOc1ccc(/C=C2/SC(=O)N(CCNC(=O)c3cccnc3)C2=O)cc1OC. The molecule has 1 aromatic heterocycles. The summed E-state index contributed by atoms with van der Waals surface area (Å²) in [5.74, 6) is 0.443. The van der Waals surface area contributed by atoms with Gasteiger partial charge in [-0.05, 0) is 54.6 Å². The predicted octanol–water partition coefficient (Wildman–Crippen LogP) is 2.96. The van der Waals surface area contributed by atoms with Gasteiger partial charge in [0.2, 0.25) is 0 Å². The van der Waals surface area contributed by atoms with E-state index in [1.807, 2.05) is 6.92 Å². The summed E-state index contributed by atoms with van der Waals surface area (Å²) in [6.07, 6.45) is 4.66. The number of pyridine rings is 1.